The van der Waals surface area contributed by atoms with Gasteiger partial charge in [0.25, 0.3) is 0 Å². The van der Waals surface area contributed by atoms with E-state index in [0.29, 0.717) is 55.2 Å². The van der Waals surface area contributed by atoms with Gasteiger partial charge in [-0.05, 0) is 41.3 Å². The largest absolute Gasteiger partial charge is 0.390 e. The number of aliphatic hydroxyl groups is 1. The molecular formula is C24H30Cl2N2O3. The lowest BCUT2D eigenvalue weighted by molar-refractivity contribution is -0.00734. The van der Waals surface area contributed by atoms with Gasteiger partial charge in [-0.15, -0.1) is 0 Å². The van der Waals surface area contributed by atoms with Gasteiger partial charge >= 0.3 is 0 Å². The number of oxime groups is 1. The molecule has 1 N–H and O–H groups in total. The van der Waals surface area contributed by atoms with Gasteiger partial charge in [-0.25, -0.2) is 0 Å². The van der Waals surface area contributed by atoms with E-state index >= 15 is 0 Å². The summed E-state index contributed by atoms with van der Waals surface area (Å²) in [5, 5.41) is 16.2. The molecule has 1 heterocycles. The number of rotatable bonds is 11. The summed E-state index contributed by atoms with van der Waals surface area (Å²) in [6, 6.07) is 15.4. The van der Waals surface area contributed by atoms with Crippen molar-refractivity contribution in [3.63, 3.8) is 0 Å². The summed E-state index contributed by atoms with van der Waals surface area (Å²) in [5.74, 6) is 0.435. The maximum Gasteiger partial charge on any atom is 0.145 e. The third kappa shape index (κ3) is 8.09. The molecule has 0 unspecified atom stereocenters. The van der Waals surface area contributed by atoms with Crippen LogP contribution in [0.3, 0.4) is 0 Å². The molecule has 0 bridgehead atoms. The second-order valence-corrected chi connectivity index (χ2v) is 9.26. The smallest absolute Gasteiger partial charge is 0.145 e. The average Bonchev–Trinajstić information content (AvgIpc) is 3.16. The summed E-state index contributed by atoms with van der Waals surface area (Å²) in [6.07, 6.45) is 0.0257. The van der Waals surface area contributed by atoms with E-state index in [1.165, 1.54) is 0 Å². The number of hydrogen-bond donors (Lipinski definition) is 1. The van der Waals surface area contributed by atoms with Gasteiger partial charge in [-0.1, -0.05) is 66.5 Å². The van der Waals surface area contributed by atoms with Gasteiger partial charge in [-0.3, -0.25) is 4.90 Å². The molecule has 0 radical (unpaired) electrons. The maximum atomic E-state index is 10.5. The molecule has 7 heteroatoms. The molecular weight excluding hydrogens is 435 g/mol. The normalized spacial score (nSPS) is 17.1. The summed E-state index contributed by atoms with van der Waals surface area (Å²) in [5.41, 5.74) is 3.00. The Balaban J connectivity index is 1.60. The van der Waals surface area contributed by atoms with Crippen molar-refractivity contribution >= 4 is 28.9 Å². The van der Waals surface area contributed by atoms with E-state index < -0.39 is 6.10 Å². The lowest BCUT2D eigenvalue weighted by Gasteiger charge is -2.27. The summed E-state index contributed by atoms with van der Waals surface area (Å²) in [4.78, 5) is 7.88. The summed E-state index contributed by atoms with van der Waals surface area (Å²) in [7, 11) is 0. The van der Waals surface area contributed by atoms with Crippen molar-refractivity contribution < 1.29 is 14.7 Å². The van der Waals surface area contributed by atoms with Crippen molar-refractivity contribution in [3.05, 3.63) is 69.7 Å². The minimum atomic E-state index is -0.587. The third-order valence-corrected chi connectivity index (χ3v) is 5.38. The van der Waals surface area contributed by atoms with Crippen molar-refractivity contribution in [3.8, 4) is 0 Å². The van der Waals surface area contributed by atoms with Crippen LogP contribution in [0.5, 0.6) is 0 Å². The van der Waals surface area contributed by atoms with Gasteiger partial charge in [0.2, 0.25) is 0 Å². The standard InChI is InChI=1S/C24H30Cl2N2O3/c1-17(2)15-30-16-22(29)13-28(12-18-4-3-5-21(26)10-18)14-23-11-24(27-31-23)19-6-8-20(25)9-7-19/h3-10,17,22-23,29H,11-16H2,1-2H3/t22-,23-/m1/s1. The summed E-state index contributed by atoms with van der Waals surface area (Å²) < 4.78 is 5.62. The molecule has 2 atom stereocenters. The van der Waals surface area contributed by atoms with Crippen LogP contribution in [0.25, 0.3) is 0 Å². The quantitative estimate of drug-likeness (QED) is 0.506. The number of hydrogen-bond acceptors (Lipinski definition) is 5. The lowest BCUT2D eigenvalue weighted by Crippen LogP contribution is -2.39. The zero-order valence-electron chi connectivity index (χ0n) is 18.0. The minimum Gasteiger partial charge on any atom is -0.390 e. The van der Waals surface area contributed by atoms with Crippen LogP contribution in [0, 0.1) is 5.92 Å². The van der Waals surface area contributed by atoms with Crippen LogP contribution in [0.1, 0.15) is 31.4 Å². The molecule has 0 saturated heterocycles. The molecule has 3 rings (SSSR count). The first-order valence-corrected chi connectivity index (χ1v) is 11.4. The van der Waals surface area contributed by atoms with E-state index in [1.807, 2.05) is 48.5 Å². The van der Waals surface area contributed by atoms with Crippen molar-refractivity contribution in [2.24, 2.45) is 11.1 Å². The van der Waals surface area contributed by atoms with Crippen molar-refractivity contribution in [2.75, 3.05) is 26.3 Å². The molecule has 2 aromatic rings. The highest BCUT2D eigenvalue weighted by molar-refractivity contribution is 6.31. The molecule has 0 spiro atoms. The third-order valence-electron chi connectivity index (χ3n) is 4.90. The predicted octanol–water partition coefficient (Wildman–Crippen LogP) is 5.02. The van der Waals surface area contributed by atoms with E-state index in [-0.39, 0.29) is 6.10 Å². The molecule has 0 amide bonds. The molecule has 1 aliphatic rings. The fourth-order valence-electron chi connectivity index (χ4n) is 3.51. The number of aliphatic hydroxyl groups excluding tert-OH is 1. The highest BCUT2D eigenvalue weighted by atomic mass is 35.5. The Bertz CT molecular complexity index is 858. The Kier molecular flexibility index (Phi) is 9.17. The first-order chi connectivity index (χ1) is 14.9. The predicted molar refractivity (Wildman–Crippen MR) is 126 cm³/mol. The fourth-order valence-corrected chi connectivity index (χ4v) is 3.85. The van der Waals surface area contributed by atoms with Gasteiger partial charge in [0.05, 0.1) is 18.4 Å². The second kappa shape index (κ2) is 11.8. The molecule has 5 nitrogen and oxygen atoms in total. The SMILES string of the molecule is CC(C)COC[C@H](O)CN(Cc1cccc(Cl)c1)C[C@H]1CC(c2ccc(Cl)cc2)=NO1. The van der Waals surface area contributed by atoms with Gasteiger partial charge in [0, 0.05) is 42.7 Å². The fraction of sp³-hybridized carbons (Fsp3) is 0.458. The van der Waals surface area contributed by atoms with Crippen LogP contribution >= 0.6 is 23.2 Å². The summed E-state index contributed by atoms with van der Waals surface area (Å²) >= 11 is 12.1. The van der Waals surface area contributed by atoms with Gasteiger partial charge in [-0.2, -0.15) is 0 Å². The highest BCUT2D eigenvalue weighted by Gasteiger charge is 2.26. The monoisotopic (exact) mass is 464 g/mol. The van der Waals surface area contributed by atoms with E-state index in [4.69, 9.17) is 32.8 Å². The summed E-state index contributed by atoms with van der Waals surface area (Å²) in [6.45, 7) is 6.88. The zero-order chi connectivity index (χ0) is 22.2. The second-order valence-electron chi connectivity index (χ2n) is 8.39. The Morgan fingerprint density at radius 1 is 1.13 bits per heavy atom. The van der Waals surface area contributed by atoms with Crippen molar-refractivity contribution in [1.82, 2.24) is 4.90 Å². The van der Waals surface area contributed by atoms with Gasteiger partial charge < -0.3 is 14.7 Å². The lowest BCUT2D eigenvalue weighted by atomic mass is 10.0. The maximum absolute atomic E-state index is 10.5. The molecule has 168 valence electrons. The Labute approximate surface area is 194 Å². The molecule has 0 aliphatic carbocycles. The molecule has 0 fully saturated rings. The van der Waals surface area contributed by atoms with Crippen LogP contribution in [0.4, 0.5) is 0 Å². The molecule has 31 heavy (non-hydrogen) atoms. The molecule has 0 saturated carbocycles. The highest BCUT2D eigenvalue weighted by Crippen LogP contribution is 2.21. The number of ether oxygens (including phenoxy) is 1. The van der Waals surface area contributed by atoms with E-state index in [2.05, 4.69) is 23.9 Å². The number of nitrogens with zero attached hydrogens (tertiary/aromatic N) is 2. The van der Waals surface area contributed by atoms with E-state index in [0.717, 1.165) is 16.8 Å². The number of benzene rings is 2. The minimum absolute atomic E-state index is 0.0892. The first-order valence-electron chi connectivity index (χ1n) is 10.6. The van der Waals surface area contributed by atoms with Crippen LogP contribution in [-0.2, 0) is 16.1 Å². The molecule has 2 aromatic carbocycles. The molecule has 1 aliphatic heterocycles. The van der Waals surface area contributed by atoms with Gasteiger partial charge in [0.15, 0.2) is 0 Å². The van der Waals surface area contributed by atoms with E-state index in [1.54, 1.807) is 0 Å². The average molecular weight is 465 g/mol. The zero-order valence-corrected chi connectivity index (χ0v) is 19.5. The van der Waals surface area contributed by atoms with Crippen molar-refractivity contribution in [1.29, 1.82) is 0 Å². The van der Waals surface area contributed by atoms with Crippen molar-refractivity contribution in [2.45, 2.75) is 39.0 Å². The van der Waals surface area contributed by atoms with E-state index in [9.17, 15) is 5.11 Å². The van der Waals surface area contributed by atoms with Crippen LogP contribution < -0.4 is 0 Å². The Hall–Kier alpha value is -1.63. The first kappa shape index (κ1) is 24.0. The Morgan fingerprint density at radius 2 is 1.90 bits per heavy atom. The van der Waals surface area contributed by atoms with Crippen LogP contribution in [0.2, 0.25) is 10.0 Å². The number of halogens is 2. The Morgan fingerprint density at radius 3 is 2.61 bits per heavy atom. The van der Waals surface area contributed by atoms with Crippen LogP contribution in [0.15, 0.2) is 53.7 Å². The van der Waals surface area contributed by atoms with Gasteiger partial charge in [0.1, 0.15) is 6.10 Å². The topological polar surface area (TPSA) is 54.3 Å². The van der Waals surface area contributed by atoms with Crippen LogP contribution in [-0.4, -0.2) is 54.2 Å². The molecule has 0 aromatic heterocycles.